The van der Waals surface area contributed by atoms with Crippen molar-refractivity contribution in [2.75, 3.05) is 13.2 Å². The van der Waals surface area contributed by atoms with E-state index in [0.717, 1.165) is 44.9 Å². The van der Waals surface area contributed by atoms with Gasteiger partial charge in [0.25, 0.3) is 0 Å². The van der Waals surface area contributed by atoms with E-state index in [-0.39, 0.29) is 12.5 Å². The normalized spacial score (nSPS) is 19.1. The molecule has 436 valence electrons. The van der Waals surface area contributed by atoms with Crippen LogP contribution in [-0.4, -0.2) is 87.5 Å². The molecule has 0 aromatic carbocycles. The van der Waals surface area contributed by atoms with E-state index in [1.165, 1.54) is 250 Å². The number of hydrogen-bond donors (Lipinski definition) is 6. The number of nitrogens with one attached hydrogen (secondary N) is 1. The molecule has 0 aliphatic carbocycles. The summed E-state index contributed by atoms with van der Waals surface area (Å²) in [5.74, 6) is -0.184. The number of unbranched alkanes of at least 4 members (excludes halogenated alkanes) is 42. The van der Waals surface area contributed by atoms with Crippen molar-refractivity contribution in [3.63, 3.8) is 0 Å². The molecule has 6 N–H and O–H groups in total. The Balaban J connectivity index is 2.20. The molecule has 1 fully saturated rings. The molecule has 1 saturated heterocycles. The number of rotatable bonds is 56. The van der Waals surface area contributed by atoms with Gasteiger partial charge in [-0.1, -0.05) is 301 Å². The molecule has 0 spiro atoms. The Hall–Kier alpha value is -1.59. The Kier molecular flexibility index (Phi) is 52.1. The summed E-state index contributed by atoms with van der Waals surface area (Å²) < 4.78 is 11.3. The van der Waals surface area contributed by atoms with Crippen molar-refractivity contribution < 1.29 is 39.8 Å². The molecule has 1 aliphatic rings. The second kappa shape index (κ2) is 54.8. The Morgan fingerprint density at radius 3 is 1.14 bits per heavy atom. The minimum atomic E-state index is -1.57. The van der Waals surface area contributed by atoms with Gasteiger partial charge in [0.05, 0.1) is 25.4 Å². The summed E-state index contributed by atoms with van der Waals surface area (Å²) >= 11 is 0. The zero-order valence-corrected chi connectivity index (χ0v) is 48.6. The largest absolute Gasteiger partial charge is 0.394 e. The van der Waals surface area contributed by atoms with Crippen LogP contribution in [0, 0.1) is 0 Å². The van der Waals surface area contributed by atoms with Crippen LogP contribution in [0.4, 0.5) is 0 Å². The summed E-state index contributed by atoms with van der Waals surface area (Å²) in [6, 6.07) is -0.827. The van der Waals surface area contributed by atoms with E-state index in [1.54, 1.807) is 6.08 Å². The van der Waals surface area contributed by atoms with Gasteiger partial charge in [0.15, 0.2) is 6.29 Å². The molecule has 9 heteroatoms. The van der Waals surface area contributed by atoms with Crippen LogP contribution in [0.5, 0.6) is 0 Å². The number of ether oxygens (including phenoxy) is 2. The maximum absolute atomic E-state index is 13.1. The lowest BCUT2D eigenvalue weighted by Crippen LogP contribution is -2.60. The molecule has 0 saturated carbocycles. The minimum Gasteiger partial charge on any atom is -0.394 e. The van der Waals surface area contributed by atoms with Crippen molar-refractivity contribution in [3.8, 4) is 0 Å². The van der Waals surface area contributed by atoms with Crippen molar-refractivity contribution in [1.82, 2.24) is 5.32 Å². The molecular weight excluding hydrogens is 923 g/mol. The fourth-order valence-electron chi connectivity index (χ4n) is 10.4. The van der Waals surface area contributed by atoms with Crippen molar-refractivity contribution in [2.45, 2.75) is 358 Å². The predicted octanol–water partition coefficient (Wildman–Crippen LogP) is 16.7. The van der Waals surface area contributed by atoms with Crippen LogP contribution in [0.3, 0.4) is 0 Å². The zero-order chi connectivity index (χ0) is 53.6. The molecule has 1 heterocycles. The van der Waals surface area contributed by atoms with Gasteiger partial charge in [-0.3, -0.25) is 4.79 Å². The summed E-state index contributed by atoms with van der Waals surface area (Å²) in [6.07, 6.45) is 65.2. The van der Waals surface area contributed by atoms with Crippen LogP contribution in [0.15, 0.2) is 36.5 Å². The zero-order valence-electron chi connectivity index (χ0n) is 48.6. The highest BCUT2D eigenvalue weighted by Crippen LogP contribution is 2.23. The Bertz CT molecular complexity index is 1260. The predicted molar refractivity (Wildman–Crippen MR) is 313 cm³/mol. The van der Waals surface area contributed by atoms with Crippen LogP contribution in [0.1, 0.15) is 316 Å². The van der Waals surface area contributed by atoms with Gasteiger partial charge in [0.2, 0.25) is 5.91 Å². The third-order valence-electron chi connectivity index (χ3n) is 15.4. The average molecular weight is 1050 g/mol. The van der Waals surface area contributed by atoms with Crippen molar-refractivity contribution in [1.29, 1.82) is 0 Å². The second-order valence-corrected chi connectivity index (χ2v) is 22.5. The molecular formula is C65H123NO8. The standard InChI is InChI=1S/C65H123NO8/c1-3-5-7-9-11-13-15-17-19-21-23-25-27-29-30-31-32-34-36-38-40-42-44-46-48-50-52-54-59(68)58(57-73-65-64(72)63(71)62(70)60(56-67)74-65)66-61(69)55-53-51-49-47-45-43-41-39-37-35-33-28-26-24-22-20-18-16-14-12-10-8-6-4-2/h36,38,44,46,52,54,58-60,62-65,67-68,70-72H,3-35,37,39-43,45,47-51,53,55-57H2,1-2H3,(H,66,69)/b38-36+,46-44+,54-52+. The number of aliphatic hydroxyl groups excluding tert-OH is 5. The van der Waals surface area contributed by atoms with Gasteiger partial charge in [-0.25, -0.2) is 0 Å². The van der Waals surface area contributed by atoms with Gasteiger partial charge in [0.1, 0.15) is 24.4 Å². The van der Waals surface area contributed by atoms with Crippen LogP contribution >= 0.6 is 0 Å². The molecule has 7 unspecified atom stereocenters. The molecule has 74 heavy (non-hydrogen) atoms. The second-order valence-electron chi connectivity index (χ2n) is 22.5. The number of carbonyl (C=O) groups is 1. The quantitative estimate of drug-likeness (QED) is 0.0261. The van der Waals surface area contributed by atoms with Crippen molar-refractivity contribution in [2.24, 2.45) is 0 Å². The third kappa shape index (κ3) is 43.4. The number of aliphatic hydroxyl groups is 5. The van der Waals surface area contributed by atoms with E-state index in [1.807, 2.05) is 6.08 Å². The summed E-state index contributed by atoms with van der Waals surface area (Å²) in [6.45, 7) is 3.81. The molecule has 1 amide bonds. The highest BCUT2D eigenvalue weighted by Gasteiger charge is 2.44. The van der Waals surface area contributed by atoms with Gasteiger partial charge in [-0.2, -0.15) is 0 Å². The lowest BCUT2D eigenvalue weighted by atomic mass is 9.99. The monoisotopic (exact) mass is 1050 g/mol. The first kappa shape index (κ1) is 70.4. The topological polar surface area (TPSA) is 149 Å². The van der Waals surface area contributed by atoms with E-state index in [9.17, 15) is 30.3 Å². The van der Waals surface area contributed by atoms with E-state index in [0.29, 0.717) is 6.42 Å². The Morgan fingerprint density at radius 1 is 0.446 bits per heavy atom. The first-order valence-corrected chi connectivity index (χ1v) is 32.2. The Labute approximate surface area is 457 Å². The van der Waals surface area contributed by atoms with Crippen LogP contribution in [-0.2, 0) is 14.3 Å². The number of amides is 1. The summed E-state index contributed by atoms with van der Waals surface area (Å²) in [4.78, 5) is 13.1. The van der Waals surface area contributed by atoms with Gasteiger partial charge in [-0.15, -0.1) is 0 Å². The molecule has 0 radical (unpaired) electrons. The highest BCUT2D eigenvalue weighted by atomic mass is 16.7. The first-order chi connectivity index (χ1) is 36.3. The van der Waals surface area contributed by atoms with Gasteiger partial charge < -0.3 is 40.3 Å². The maximum atomic E-state index is 13.1. The van der Waals surface area contributed by atoms with E-state index < -0.39 is 49.5 Å². The third-order valence-corrected chi connectivity index (χ3v) is 15.4. The van der Waals surface area contributed by atoms with Crippen LogP contribution in [0.25, 0.3) is 0 Å². The lowest BCUT2D eigenvalue weighted by Gasteiger charge is -2.40. The summed E-state index contributed by atoms with van der Waals surface area (Å²) in [5, 5.41) is 54.6. The van der Waals surface area contributed by atoms with Crippen molar-refractivity contribution in [3.05, 3.63) is 36.5 Å². The van der Waals surface area contributed by atoms with Crippen LogP contribution in [0.2, 0.25) is 0 Å². The summed E-state index contributed by atoms with van der Waals surface area (Å²) in [5.41, 5.74) is 0. The lowest BCUT2D eigenvalue weighted by molar-refractivity contribution is -0.302. The first-order valence-electron chi connectivity index (χ1n) is 32.2. The molecule has 9 nitrogen and oxygen atoms in total. The fraction of sp³-hybridized carbons (Fsp3) is 0.892. The SMILES string of the molecule is CCCCCCCCCCCCCCCCCCC/C=C/CC/C=C/CC/C=C/C(O)C(COC1OC(CO)C(O)C(O)C1O)NC(=O)CCCCCCCCCCCCCCCCCCCCCCCCCC. The molecule has 7 atom stereocenters. The van der Waals surface area contributed by atoms with Crippen LogP contribution < -0.4 is 5.32 Å². The number of carbonyl (C=O) groups excluding carboxylic acids is 1. The molecule has 1 aliphatic heterocycles. The average Bonchev–Trinajstić information content (AvgIpc) is 3.40. The fourth-order valence-corrected chi connectivity index (χ4v) is 10.4. The molecule has 0 aromatic heterocycles. The van der Waals surface area contributed by atoms with E-state index in [2.05, 4.69) is 43.5 Å². The van der Waals surface area contributed by atoms with Gasteiger partial charge in [-0.05, 0) is 44.9 Å². The van der Waals surface area contributed by atoms with E-state index >= 15 is 0 Å². The Morgan fingerprint density at radius 2 is 0.770 bits per heavy atom. The maximum Gasteiger partial charge on any atom is 0.220 e. The minimum absolute atomic E-state index is 0.184. The van der Waals surface area contributed by atoms with Gasteiger partial charge >= 0.3 is 0 Å². The molecule has 0 bridgehead atoms. The smallest absolute Gasteiger partial charge is 0.220 e. The summed E-state index contributed by atoms with van der Waals surface area (Å²) in [7, 11) is 0. The number of hydrogen-bond acceptors (Lipinski definition) is 8. The van der Waals surface area contributed by atoms with Gasteiger partial charge in [0, 0.05) is 6.42 Å². The highest BCUT2D eigenvalue weighted by molar-refractivity contribution is 5.76. The van der Waals surface area contributed by atoms with Crippen molar-refractivity contribution >= 4 is 5.91 Å². The number of allylic oxidation sites excluding steroid dienone is 5. The molecule has 1 rings (SSSR count). The molecule has 0 aromatic rings. The van der Waals surface area contributed by atoms with E-state index in [4.69, 9.17) is 9.47 Å².